The van der Waals surface area contributed by atoms with E-state index in [0.29, 0.717) is 0 Å². The highest BCUT2D eigenvalue weighted by Crippen LogP contribution is 1.39. The van der Waals surface area contributed by atoms with Gasteiger partial charge in [-0.25, -0.2) is 5.26 Å². The van der Waals surface area contributed by atoms with Gasteiger partial charge in [0, 0.05) is 6.57 Å². The van der Waals surface area contributed by atoms with E-state index in [1.807, 2.05) is 0 Å². The van der Waals surface area contributed by atoms with Crippen LogP contribution in [0.4, 0.5) is 0 Å². The Morgan fingerprint density at radius 2 is 1.33 bits per heavy atom. The van der Waals surface area contributed by atoms with Crippen molar-refractivity contribution in [3.63, 3.8) is 0 Å². The summed E-state index contributed by atoms with van der Waals surface area (Å²) in [5.41, 5.74) is 0. The maximum atomic E-state index is 7.62. The Kier molecular flexibility index (Phi) is 38.9. The van der Waals surface area contributed by atoms with Gasteiger partial charge in [-0.05, 0) is 0 Å². The average molecular weight is 89.1 g/mol. The third-order valence-electron chi connectivity index (χ3n) is 0.1000. The molecule has 0 fully saturated rings. The molecule has 0 aromatic carbocycles. The quantitative estimate of drug-likeness (QED) is 0.438. The van der Waals surface area contributed by atoms with Gasteiger partial charge in [-0.2, -0.15) is 0 Å². The van der Waals surface area contributed by atoms with Crippen LogP contribution in [0.1, 0.15) is 0 Å². The molecule has 3 nitrogen and oxygen atoms in total. The first kappa shape index (κ1) is 9.05. The maximum Gasteiger partial charge on any atom is 0.0662 e. The van der Waals surface area contributed by atoms with Crippen molar-refractivity contribution in [3.8, 4) is 6.57 Å². The second kappa shape index (κ2) is 25.8. The minimum Gasteiger partial charge on any atom is -0.394 e. The van der Waals surface area contributed by atoms with Crippen LogP contribution in [0.5, 0.6) is 0 Å². The zero-order valence-electron chi connectivity index (χ0n) is 3.33. The first-order valence-corrected chi connectivity index (χ1v) is 1.39. The van der Waals surface area contributed by atoms with Crippen LogP contribution in [0.25, 0.3) is 0 Å². The Morgan fingerprint density at radius 1 is 1.17 bits per heavy atom. The summed E-state index contributed by atoms with van der Waals surface area (Å²) in [6, 6.07) is 0. The van der Waals surface area contributed by atoms with E-state index in [0.717, 1.165) is 0 Å². The second-order valence-corrected chi connectivity index (χ2v) is 0.447. The maximum absolute atomic E-state index is 7.62. The van der Waals surface area contributed by atoms with Gasteiger partial charge in [-0.1, -0.05) is 0 Å². The van der Waals surface area contributed by atoms with Crippen LogP contribution in [0.2, 0.25) is 0 Å². The molecule has 0 aromatic heterocycles. The molecule has 0 aliphatic rings. The molecule has 0 saturated carbocycles. The Morgan fingerprint density at radius 3 is 1.33 bits per heavy atom. The smallest absolute Gasteiger partial charge is 0.0662 e. The minimum absolute atomic E-state index is 0.125. The van der Waals surface area contributed by atoms with Gasteiger partial charge < -0.3 is 10.2 Å². The number of nitrogens with zero attached hydrogens (tertiary/aromatic N) is 1. The van der Waals surface area contributed by atoms with Gasteiger partial charge in [0.25, 0.3) is 0 Å². The fraction of sp³-hybridized carbons (Fsp3) is 0.667. The molecule has 0 aliphatic heterocycles. The monoisotopic (exact) mass is 89.0 g/mol. The predicted molar refractivity (Wildman–Crippen MR) is 20.8 cm³/mol. The van der Waals surface area contributed by atoms with Crippen LogP contribution in [0.3, 0.4) is 0 Å². The highest BCUT2D eigenvalue weighted by Gasteiger charge is 1.58. The summed E-state index contributed by atoms with van der Waals surface area (Å²) in [5, 5.41) is 21.8. The van der Waals surface area contributed by atoms with Crippen LogP contribution in [0.15, 0.2) is 0 Å². The summed E-state index contributed by atoms with van der Waals surface area (Å²) in [7, 11) is 0. The van der Waals surface area contributed by atoms with Crippen molar-refractivity contribution in [2.75, 3.05) is 13.2 Å². The van der Waals surface area contributed by atoms with Gasteiger partial charge in [-0.15, -0.1) is 0 Å². The molecule has 0 spiro atoms. The van der Waals surface area contributed by atoms with Gasteiger partial charge in [0.2, 0.25) is 0 Å². The van der Waals surface area contributed by atoms with Gasteiger partial charge in [0.05, 0.1) is 13.2 Å². The van der Waals surface area contributed by atoms with E-state index in [2.05, 4.69) is 6.57 Å². The molecule has 2 N–H and O–H groups in total. The molecule has 6 heavy (non-hydrogen) atoms. The number of aliphatic hydroxyl groups excluding tert-OH is 2. The molecule has 0 rings (SSSR count). The summed E-state index contributed by atoms with van der Waals surface area (Å²) < 4.78 is 0. The lowest BCUT2D eigenvalue weighted by Crippen LogP contribution is -1.85. The first-order valence-electron chi connectivity index (χ1n) is 1.39. The summed E-state index contributed by atoms with van der Waals surface area (Å²) in [5.74, 6) is 0. The topological polar surface area (TPSA) is 64.2 Å². The first-order chi connectivity index (χ1) is 2.91. The molecule has 0 amide bonds. The molecule has 36 valence electrons. The Balaban J connectivity index is 0. The Hall–Kier alpha value is -0.590. The summed E-state index contributed by atoms with van der Waals surface area (Å²) >= 11 is 0. The van der Waals surface area contributed by atoms with Crippen molar-refractivity contribution in [3.05, 3.63) is 0 Å². The number of hydrogen-bond donors (Lipinski definition) is 2. The summed E-state index contributed by atoms with van der Waals surface area (Å²) in [6.45, 7) is 3.25. The third-order valence-corrected chi connectivity index (χ3v) is 0.1000. The highest BCUT2D eigenvalue weighted by atomic mass is 16.3. The van der Waals surface area contributed by atoms with E-state index < -0.39 is 0 Å². The van der Waals surface area contributed by atoms with E-state index in [-0.39, 0.29) is 13.2 Å². The molecule has 0 aliphatic carbocycles. The average Bonchev–Trinajstić information content (AvgIpc) is 1.72. The number of rotatable bonds is 1. The predicted octanol–water partition coefficient (Wildman–Crippen LogP) is -0.889. The molecule has 0 radical (unpaired) electrons. The summed E-state index contributed by atoms with van der Waals surface area (Å²) in [6.07, 6.45) is 0. The molecule has 0 heterocycles. The van der Waals surface area contributed by atoms with Gasteiger partial charge in [0.15, 0.2) is 0 Å². The second-order valence-electron chi connectivity index (χ2n) is 0.447. The number of hydrogen-bond acceptors (Lipinski definition) is 3. The molecular formula is C3H7NO2. The third kappa shape index (κ3) is 118. The molecule has 0 atom stereocenters. The van der Waals surface area contributed by atoms with Crippen molar-refractivity contribution < 1.29 is 10.2 Å². The van der Waals surface area contributed by atoms with E-state index >= 15 is 0 Å². The van der Waals surface area contributed by atoms with Crippen molar-refractivity contribution in [1.29, 1.82) is 5.26 Å². The van der Waals surface area contributed by atoms with Crippen molar-refractivity contribution in [2.45, 2.75) is 0 Å². The normalized spacial score (nSPS) is 5.33. The number of aliphatic hydroxyl groups is 2. The molecule has 0 saturated heterocycles. The van der Waals surface area contributed by atoms with Gasteiger partial charge in [-0.3, -0.25) is 0 Å². The van der Waals surface area contributed by atoms with E-state index in [1.165, 1.54) is 0 Å². The SMILES string of the molecule is C#N.OCCO. The lowest BCUT2D eigenvalue weighted by molar-refractivity contribution is 0.186. The molecule has 0 bridgehead atoms. The van der Waals surface area contributed by atoms with Crippen molar-refractivity contribution in [1.82, 2.24) is 0 Å². The van der Waals surface area contributed by atoms with Crippen molar-refractivity contribution in [2.24, 2.45) is 0 Å². The Labute approximate surface area is 36.5 Å². The Bertz CT molecular complexity index is 25.2. The lowest BCUT2D eigenvalue weighted by atomic mass is 10.8. The molecule has 0 unspecified atom stereocenters. The lowest BCUT2D eigenvalue weighted by Gasteiger charge is -1.70. The van der Waals surface area contributed by atoms with E-state index in [1.54, 1.807) is 0 Å². The molecule has 0 aromatic rings. The zero-order chi connectivity index (χ0) is 5.41. The largest absolute Gasteiger partial charge is 0.394 e. The van der Waals surface area contributed by atoms with Crippen molar-refractivity contribution >= 4 is 0 Å². The molecule has 3 heteroatoms. The number of nitriles is 1. The van der Waals surface area contributed by atoms with Gasteiger partial charge in [0.1, 0.15) is 0 Å². The van der Waals surface area contributed by atoms with Crippen LogP contribution < -0.4 is 0 Å². The fourth-order valence-corrected chi connectivity index (χ4v) is 0. The van der Waals surface area contributed by atoms with Crippen LogP contribution in [-0.4, -0.2) is 23.4 Å². The zero-order valence-corrected chi connectivity index (χ0v) is 3.33. The minimum atomic E-state index is -0.125. The van der Waals surface area contributed by atoms with E-state index in [4.69, 9.17) is 15.5 Å². The van der Waals surface area contributed by atoms with Crippen LogP contribution >= 0.6 is 0 Å². The van der Waals surface area contributed by atoms with Crippen LogP contribution in [-0.2, 0) is 0 Å². The van der Waals surface area contributed by atoms with E-state index in [9.17, 15) is 0 Å². The highest BCUT2D eigenvalue weighted by molar-refractivity contribution is 4.06. The standard InChI is InChI=1S/C2H6O2.CHN/c3-1-2-4;1-2/h3-4H,1-2H2;1H. The summed E-state index contributed by atoms with van der Waals surface area (Å²) in [4.78, 5) is 0. The molecular weight excluding hydrogens is 82.0 g/mol. The van der Waals surface area contributed by atoms with Crippen LogP contribution in [0, 0.1) is 11.8 Å². The fourth-order valence-electron chi connectivity index (χ4n) is 0. The van der Waals surface area contributed by atoms with Gasteiger partial charge >= 0.3 is 0 Å².